The number of aliphatic hydroxyl groups excluding tert-OH is 1. The van der Waals surface area contributed by atoms with Crippen molar-refractivity contribution in [1.29, 1.82) is 0 Å². The number of aryl methyl sites for hydroxylation is 1. The number of carbonyl (C=O) groups excluding carboxylic acids is 1. The Morgan fingerprint density at radius 1 is 1.31 bits per heavy atom. The lowest BCUT2D eigenvalue weighted by Crippen LogP contribution is -1.95. The predicted octanol–water partition coefficient (Wildman–Crippen LogP) is 2.26. The van der Waals surface area contributed by atoms with Crippen molar-refractivity contribution >= 4 is 5.78 Å². The first kappa shape index (κ1) is 9.52. The minimum atomic E-state index is -0.0497. The maximum Gasteiger partial charge on any atom is 0.159 e. The van der Waals surface area contributed by atoms with Crippen molar-refractivity contribution in [3.8, 4) is 0 Å². The first-order valence-corrected chi connectivity index (χ1v) is 4.20. The number of hydrogen-bond donors (Lipinski definition) is 1. The van der Waals surface area contributed by atoms with Gasteiger partial charge in [-0.3, -0.25) is 4.79 Å². The van der Waals surface area contributed by atoms with Crippen LogP contribution < -0.4 is 0 Å². The van der Waals surface area contributed by atoms with Crippen LogP contribution in [0.3, 0.4) is 0 Å². The zero-order valence-corrected chi connectivity index (χ0v) is 7.31. The Morgan fingerprint density at radius 3 is 2.62 bits per heavy atom. The van der Waals surface area contributed by atoms with Crippen LogP contribution >= 0.6 is 0 Å². The normalized spacial score (nSPS) is 10.5. The number of benzene rings is 1. The van der Waals surface area contributed by atoms with E-state index in [1.54, 1.807) is 0 Å². The summed E-state index contributed by atoms with van der Waals surface area (Å²) >= 11 is 0. The van der Waals surface area contributed by atoms with Crippen LogP contribution in [-0.2, 0) is 11.2 Å². The molecule has 1 rings (SSSR count). The molecule has 0 heterocycles. The third-order valence-electron chi connectivity index (χ3n) is 1.76. The van der Waals surface area contributed by atoms with Gasteiger partial charge in [-0.05, 0) is 12.0 Å². The van der Waals surface area contributed by atoms with E-state index in [0.717, 1.165) is 18.2 Å². The largest absolute Gasteiger partial charge is 0.515 e. The second kappa shape index (κ2) is 5.14. The number of carbonyl (C=O) groups is 1. The van der Waals surface area contributed by atoms with E-state index in [1.165, 1.54) is 6.08 Å². The summed E-state index contributed by atoms with van der Waals surface area (Å²) in [6, 6.07) is 9.80. The van der Waals surface area contributed by atoms with Gasteiger partial charge in [-0.25, -0.2) is 0 Å². The molecule has 2 heteroatoms. The molecule has 0 atom stereocenters. The average molecular weight is 176 g/mol. The van der Waals surface area contributed by atoms with Crippen molar-refractivity contribution in [2.75, 3.05) is 0 Å². The monoisotopic (exact) mass is 176 g/mol. The van der Waals surface area contributed by atoms with Crippen LogP contribution in [0.4, 0.5) is 0 Å². The van der Waals surface area contributed by atoms with Crippen molar-refractivity contribution < 1.29 is 9.90 Å². The molecular weight excluding hydrogens is 164 g/mol. The first-order valence-electron chi connectivity index (χ1n) is 4.20. The minimum absolute atomic E-state index is 0.0497. The number of ketones is 1. The Morgan fingerprint density at radius 2 is 2.00 bits per heavy atom. The minimum Gasteiger partial charge on any atom is -0.515 e. The van der Waals surface area contributed by atoms with Crippen molar-refractivity contribution in [3.05, 3.63) is 48.2 Å². The lowest BCUT2D eigenvalue weighted by atomic mass is 10.1. The summed E-state index contributed by atoms with van der Waals surface area (Å²) in [5, 5.41) is 8.33. The summed E-state index contributed by atoms with van der Waals surface area (Å²) in [7, 11) is 0. The van der Waals surface area contributed by atoms with Gasteiger partial charge < -0.3 is 5.11 Å². The second-order valence-corrected chi connectivity index (χ2v) is 2.77. The molecule has 0 fully saturated rings. The number of allylic oxidation sites excluding steroid dienone is 1. The Balaban J connectivity index is 2.40. The van der Waals surface area contributed by atoms with Crippen molar-refractivity contribution in [1.82, 2.24) is 0 Å². The van der Waals surface area contributed by atoms with E-state index < -0.39 is 0 Å². The molecule has 0 spiro atoms. The van der Waals surface area contributed by atoms with Crippen LogP contribution in [0.15, 0.2) is 42.7 Å². The van der Waals surface area contributed by atoms with Crippen LogP contribution in [-0.4, -0.2) is 10.9 Å². The molecule has 0 radical (unpaired) electrons. The lowest BCUT2D eigenvalue weighted by Gasteiger charge is -1.96. The van der Waals surface area contributed by atoms with E-state index in [0.29, 0.717) is 6.42 Å². The molecule has 0 saturated heterocycles. The Bertz CT molecular complexity index is 288. The fourth-order valence-electron chi connectivity index (χ4n) is 1.08. The topological polar surface area (TPSA) is 37.3 Å². The quantitative estimate of drug-likeness (QED) is 0.564. The van der Waals surface area contributed by atoms with Gasteiger partial charge in [0, 0.05) is 12.5 Å². The summed E-state index contributed by atoms with van der Waals surface area (Å²) in [6.45, 7) is 0. The maximum absolute atomic E-state index is 11.0. The number of aliphatic hydroxyl groups is 1. The molecule has 0 aliphatic rings. The molecule has 0 aliphatic heterocycles. The van der Waals surface area contributed by atoms with Crippen LogP contribution in [0.2, 0.25) is 0 Å². The van der Waals surface area contributed by atoms with E-state index in [2.05, 4.69) is 0 Å². The van der Waals surface area contributed by atoms with Gasteiger partial charge in [-0.2, -0.15) is 0 Å². The van der Waals surface area contributed by atoms with Crippen LogP contribution in [0.5, 0.6) is 0 Å². The molecule has 0 amide bonds. The summed E-state index contributed by atoms with van der Waals surface area (Å²) in [6.07, 6.45) is 3.14. The van der Waals surface area contributed by atoms with Crippen molar-refractivity contribution in [2.24, 2.45) is 0 Å². The van der Waals surface area contributed by atoms with E-state index >= 15 is 0 Å². The summed E-state index contributed by atoms with van der Waals surface area (Å²) < 4.78 is 0. The standard InChI is InChI=1S/C11H12O2/c12-9-8-11(13)7-6-10-4-2-1-3-5-10/h1-5,8-9,12H,6-7H2/b9-8+. The van der Waals surface area contributed by atoms with Crippen LogP contribution in [0.1, 0.15) is 12.0 Å². The molecule has 1 aromatic rings. The zero-order valence-electron chi connectivity index (χ0n) is 7.31. The van der Waals surface area contributed by atoms with Gasteiger partial charge in [0.1, 0.15) is 0 Å². The fraction of sp³-hybridized carbons (Fsp3) is 0.182. The third kappa shape index (κ3) is 3.56. The Hall–Kier alpha value is -1.57. The summed E-state index contributed by atoms with van der Waals surface area (Å²) in [5.41, 5.74) is 1.14. The predicted molar refractivity (Wildman–Crippen MR) is 51.5 cm³/mol. The first-order chi connectivity index (χ1) is 6.33. The van der Waals surface area contributed by atoms with Crippen molar-refractivity contribution in [3.63, 3.8) is 0 Å². The molecular formula is C11H12O2. The molecule has 13 heavy (non-hydrogen) atoms. The fourth-order valence-corrected chi connectivity index (χ4v) is 1.08. The number of rotatable bonds is 4. The van der Waals surface area contributed by atoms with E-state index in [1.807, 2.05) is 30.3 Å². The Kier molecular flexibility index (Phi) is 3.76. The molecule has 0 saturated carbocycles. The number of hydrogen-bond acceptors (Lipinski definition) is 2. The highest BCUT2D eigenvalue weighted by Gasteiger charge is 1.97. The highest BCUT2D eigenvalue weighted by molar-refractivity contribution is 5.89. The molecule has 1 aromatic carbocycles. The van der Waals surface area contributed by atoms with Crippen LogP contribution in [0.25, 0.3) is 0 Å². The van der Waals surface area contributed by atoms with Gasteiger partial charge in [0.25, 0.3) is 0 Å². The maximum atomic E-state index is 11.0. The summed E-state index contributed by atoms with van der Waals surface area (Å²) in [5.74, 6) is -0.0497. The van der Waals surface area contributed by atoms with Gasteiger partial charge in [-0.15, -0.1) is 0 Å². The molecule has 0 aromatic heterocycles. The van der Waals surface area contributed by atoms with Crippen LogP contribution in [0, 0.1) is 0 Å². The lowest BCUT2D eigenvalue weighted by molar-refractivity contribution is -0.114. The van der Waals surface area contributed by atoms with Gasteiger partial charge in [0.05, 0.1) is 6.26 Å². The third-order valence-corrected chi connectivity index (χ3v) is 1.76. The van der Waals surface area contributed by atoms with Crippen molar-refractivity contribution in [2.45, 2.75) is 12.8 Å². The summed E-state index contributed by atoms with van der Waals surface area (Å²) in [4.78, 5) is 11.0. The highest BCUT2D eigenvalue weighted by atomic mass is 16.2. The van der Waals surface area contributed by atoms with Gasteiger partial charge in [0.15, 0.2) is 5.78 Å². The smallest absolute Gasteiger partial charge is 0.159 e. The van der Waals surface area contributed by atoms with Gasteiger partial charge in [0.2, 0.25) is 0 Å². The van der Waals surface area contributed by atoms with E-state index in [9.17, 15) is 4.79 Å². The zero-order chi connectivity index (χ0) is 9.52. The second-order valence-electron chi connectivity index (χ2n) is 2.77. The van der Waals surface area contributed by atoms with E-state index in [4.69, 9.17) is 5.11 Å². The molecule has 0 bridgehead atoms. The Labute approximate surface area is 77.5 Å². The highest BCUT2D eigenvalue weighted by Crippen LogP contribution is 2.02. The SMILES string of the molecule is O=C(/C=C/O)CCc1ccccc1. The molecule has 68 valence electrons. The van der Waals surface area contributed by atoms with Gasteiger partial charge >= 0.3 is 0 Å². The molecule has 1 N–H and O–H groups in total. The average Bonchev–Trinajstić information content (AvgIpc) is 2.17. The molecule has 0 aliphatic carbocycles. The van der Waals surface area contributed by atoms with E-state index in [-0.39, 0.29) is 5.78 Å². The molecule has 2 nitrogen and oxygen atoms in total. The molecule has 0 unspecified atom stereocenters. The van der Waals surface area contributed by atoms with Gasteiger partial charge in [-0.1, -0.05) is 30.3 Å².